The molecule has 0 radical (unpaired) electrons. The summed E-state index contributed by atoms with van der Waals surface area (Å²) >= 11 is 0. The maximum absolute atomic E-state index is 12.5. The van der Waals surface area contributed by atoms with Crippen molar-refractivity contribution in [1.29, 1.82) is 0 Å². The maximum Gasteiger partial charge on any atom is 0.317 e. The molecular formula is C18H33N3O4. The lowest BCUT2D eigenvalue weighted by atomic mass is 9.78. The summed E-state index contributed by atoms with van der Waals surface area (Å²) in [6.07, 6.45) is 4.98. The summed E-state index contributed by atoms with van der Waals surface area (Å²) in [5.41, 5.74) is 0.125. The average molecular weight is 355 g/mol. The average Bonchev–Trinajstić information content (AvgIpc) is 3.07. The van der Waals surface area contributed by atoms with Crippen molar-refractivity contribution in [3.8, 4) is 0 Å². The van der Waals surface area contributed by atoms with Crippen LogP contribution in [0, 0.1) is 11.3 Å². The van der Waals surface area contributed by atoms with Crippen LogP contribution in [0.15, 0.2) is 0 Å². The zero-order chi connectivity index (χ0) is 18.4. The lowest BCUT2D eigenvalue weighted by Crippen LogP contribution is -2.53. The minimum absolute atomic E-state index is 0.0262. The molecule has 1 unspecified atom stereocenters. The monoisotopic (exact) mass is 355 g/mol. The van der Waals surface area contributed by atoms with Gasteiger partial charge in [-0.1, -0.05) is 26.7 Å². The summed E-state index contributed by atoms with van der Waals surface area (Å²) in [4.78, 5) is 26.8. The summed E-state index contributed by atoms with van der Waals surface area (Å²) in [6, 6.07) is -0.0414. The SMILES string of the molecule is CN(CC(=O)O)CC1CN(C(=O)NCC(C)(C)C2CCCC2)CCO1. The Labute approximate surface area is 150 Å². The molecule has 7 nitrogen and oxygen atoms in total. The highest BCUT2D eigenvalue weighted by atomic mass is 16.5. The summed E-state index contributed by atoms with van der Waals surface area (Å²) in [7, 11) is 1.75. The van der Waals surface area contributed by atoms with Crippen molar-refractivity contribution in [3.05, 3.63) is 0 Å². The molecule has 1 heterocycles. The number of hydrogen-bond acceptors (Lipinski definition) is 4. The Balaban J connectivity index is 1.77. The third kappa shape index (κ3) is 6.15. The molecule has 25 heavy (non-hydrogen) atoms. The van der Waals surface area contributed by atoms with Crippen LogP contribution in [-0.4, -0.2) is 79.4 Å². The Bertz CT molecular complexity index is 463. The zero-order valence-corrected chi connectivity index (χ0v) is 15.8. The van der Waals surface area contributed by atoms with Gasteiger partial charge in [-0.15, -0.1) is 0 Å². The van der Waals surface area contributed by atoms with Crippen LogP contribution >= 0.6 is 0 Å². The number of carbonyl (C=O) groups is 2. The van der Waals surface area contributed by atoms with Gasteiger partial charge in [0.05, 0.1) is 19.3 Å². The van der Waals surface area contributed by atoms with E-state index in [1.165, 1.54) is 25.7 Å². The predicted octanol–water partition coefficient (Wildman–Crippen LogP) is 1.63. The minimum Gasteiger partial charge on any atom is -0.480 e. The maximum atomic E-state index is 12.5. The number of carboxylic acid groups (broad SMARTS) is 1. The van der Waals surface area contributed by atoms with Gasteiger partial charge in [0.15, 0.2) is 0 Å². The fraction of sp³-hybridized carbons (Fsp3) is 0.889. The van der Waals surface area contributed by atoms with E-state index in [4.69, 9.17) is 9.84 Å². The summed E-state index contributed by atoms with van der Waals surface area (Å²) < 4.78 is 5.68. The first-order chi connectivity index (χ1) is 11.8. The number of aliphatic carboxylic acids is 1. The highest BCUT2D eigenvalue weighted by Gasteiger charge is 2.33. The summed E-state index contributed by atoms with van der Waals surface area (Å²) in [5.74, 6) is -0.169. The van der Waals surface area contributed by atoms with Gasteiger partial charge in [-0.3, -0.25) is 9.69 Å². The Morgan fingerprint density at radius 2 is 2.00 bits per heavy atom. The van der Waals surface area contributed by atoms with E-state index in [9.17, 15) is 9.59 Å². The van der Waals surface area contributed by atoms with Crippen LogP contribution in [0.2, 0.25) is 0 Å². The fourth-order valence-corrected chi connectivity index (χ4v) is 3.92. The summed E-state index contributed by atoms with van der Waals surface area (Å²) in [5, 5.41) is 11.9. The van der Waals surface area contributed by atoms with Crippen LogP contribution in [0.25, 0.3) is 0 Å². The fourth-order valence-electron chi connectivity index (χ4n) is 3.92. The molecule has 1 atom stereocenters. The quantitative estimate of drug-likeness (QED) is 0.725. The smallest absolute Gasteiger partial charge is 0.317 e. The first kappa shape index (κ1) is 20.0. The molecule has 2 N–H and O–H groups in total. The van der Waals surface area contributed by atoms with Crippen LogP contribution in [0.4, 0.5) is 4.79 Å². The van der Waals surface area contributed by atoms with Crippen LogP contribution in [0.3, 0.4) is 0 Å². The van der Waals surface area contributed by atoms with Crippen LogP contribution < -0.4 is 5.32 Å². The molecule has 1 saturated carbocycles. The molecule has 0 aromatic heterocycles. The van der Waals surface area contributed by atoms with Crippen molar-refractivity contribution in [1.82, 2.24) is 15.1 Å². The van der Waals surface area contributed by atoms with Crippen LogP contribution in [0.1, 0.15) is 39.5 Å². The van der Waals surface area contributed by atoms with E-state index in [0.29, 0.717) is 38.7 Å². The van der Waals surface area contributed by atoms with Crippen molar-refractivity contribution in [2.45, 2.75) is 45.6 Å². The van der Waals surface area contributed by atoms with E-state index in [2.05, 4.69) is 19.2 Å². The second-order valence-electron chi connectivity index (χ2n) is 8.16. The number of carboxylic acids is 1. The van der Waals surface area contributed by atoms with Crippen molar-refractivity contribution < 1.29 is 19.4 Å². The highest BCUT2D eigenvalue weighted by molar-refractivity contribution is 5.74. The van der Waals surface area contributed by atoms with E-state index >= 15 is 0 Å². The molecule has 1 aliphatic carbocycles. The molecule has 144 valence electrons. The molecular weight excluding hydrogens is 322 g/mol. The van der Waals surface area contributed by atoms with Gasteiger partial charge >= 0.3 is 12.0 Å². The normalized spacial score (nSPS) is 22.4. The molecule has 0 aromatic carbocycles. The van der Waals surface area contributed by atoms with Crippen molar-refractivity contribution in [3.63, 3.8) is 0 Å². The number of carbonyl (C=O) groups excluding carboxylic acids is 1. The second kappa shape index (κ2) is 8.85. The number of nitrogens with zero attached hydrogens (tertiary/aromatic N) is 2. The topological polar surface area (TPSA) is 82.1 Å². The molecule has 1 saturated heterocycles. The van der Waals surface area contributed by atoms with E-state index in [-0.39, 0.29) is 24.1 Å². The van der Waals surface area contributed by atoms with Gasteiger partial charge < -0.3 is 20.1 Å². The molecule has 0 aromatic rings. The van der Waals surface area contributed by atoms with Gasteiger partial charge in [0.1, 0.15) is 0 Å². The molecule has 0 spiro atoms. The summed E-state index contributed by atoms with van der Waals surface area (Å²) in [6.45, 7) is 7.22. The standard InChI is InChI=1S/C18H33N3O4/c1-18(2,14-6-4-5-7-14)13-19-17(24)21-8-9-25-15(11-21)10-20(3)12-16(22)23/h14-15H,4-13H2,1-3H3,(H,19,24)(H,22,23). The van der Waals surface area contributed by atoms with Crippen molar-refractivity contribution in [2.75, 3.05) is 46.4 Å². The third-order valence-electron chi connectivity index (χ3n) is 5.50. The Morgan fingerprint density at radius 1 is 1.32 bits per heavy atom. The van der Waals surface area contributed by atoms with Gasteiger partial charge in [0, 0.05) is 26.2 Å². The Kier molecular flexibility index (Phi) is 7.07. The Hall–Kier alpha value is -1.34. The van der Waals surface area contributed by atoms with E-state index < -0.39 is 5.97 Å². The largest absolute Gasteiger partial charge is 0.480 e. The first-order valence-corrected chi connectivity index (χ1v) is 9.32. The molecule has 7 heteroatoms. The van der Waals surface area contributed by atoms with Crippen LogP contribution in [-0.2, 0) is 9.53 Å². The number of hydrogen-bond donors (Lipinski definition) is 2. The zero-order valence-electron chi connectivity index (χ0n) is 15.8. The van der Waals surface area contributed by atoms with Gasteiger partial charge in [0.25, 0.3) is 0 Å². The van der Waals surface area contributed by atoms with Gasteiger partial charge in [0.2, 0.25) is 0 Å². The second-order valence-corrected chi connectivity index (χ2v) is 8.16. The van der Waals surface area contributed by atoms with Crippen molar-refractivity contribution >= 4 is 12.0 Å². The van der Waals surface area contributed by atoms with Crippen molar-refractivity contribution in [2.24, 2.45) is 11.3 Å². The molecule has 2 fully saturated rings. The first-order valence-electron chi connectivity index (χ1n) is 9.32. The number of urea groups is 1. The van der Waals surface area contributed by atoms with E-state index in [1.54, 1.807) is 16.8 Å². The number of ether oxygens (including phenoxy) is 1. The lowest BCUT2D eigenvalue weighted by Gasteiger charge is -2.36. The Morgan fingerprint density at radius 3 is 2.64 bits per heavy atom. The molecule has 2 amide bonds. The molecule has 2 aliphatic rings. The highest BCUT2D eigenvalue weighted by Crippen LogP contribution is 2.39. The number of amides is 2. The molecule has 0 bridgehead atoms. The minimum atomic E-state index is -0.859. The molecule has 1 aliphatic heterocycles. The lowest BCUT2D eigenvalue weighted by molar-refractivity contribution is -0.138. The van der Waals surface area contributed by atoms with E-state index in [0.717, 1.165) is 0 Å². The molecule has 2 rings (SSSR count). The number of likely N-dealkylation sites (N-methyl/N-ethyl adjacent to an activating group) is 1. The van der Waals surface area contributed by atoms with Gasteiger partial charge in [-0.2, -0.15) is 0 Å². The van der Waals surface area contributed by atoms with E-state index in [1.807, 2.05) is 0 Å². The number of morpholine rings is 1. The van der Waals surface area contributed by atoms with Gasteiger partial charge in [-0.25, -0.2) is 4.79 Å². The third-order valence-corrected chi connectivity index (χ3v) is 5.50. The van der Waals surface area contributed by atoms with Gasteiger partial charge in [-0.05, 0) is 31.2 Å². The number of rotatable bonds is 7. The number of nitrogens with one attached hydrogen (secondary N) is 1. The predicted molar refractivity (Wildman–Crippen MR) is 95.6 cm³/mol. The van der Waals surface area contributed by atoms with Crippen LogP contribution in [0.5, 0.6) is 0 Å².